The number of nitrogens with one attached hydrogen (secondary N) is 1. The van der Waals surface area contributed by atoms with Crippen LogP contribution < -0.4 is 4.72 Å². The first-order chi connectivity index (χ1) is 9.03. The van der Waals surface area contributed by atoms with Gasteiger partial charge in [0.25, 0.3) is 10.0 Å². The summed E-state index contributed by atoms with van der Waals surface area (Å²) in [5, 5.41) is 1.73. The summed E-state index contributed by atoms with van der Waals surface area (Å²) in [6.45, 7) is 2.35. The van der Waals surface area contributed by atoms with Gasteiger partial charge in [-0.1, -0.05) is 28.8 Å². The number of rotatable bonds is 5. The molecule has 0 aliphatic heterocycles. The molecule has 0 aromatic carbocycles. The Balaban J connectivity index is 1.97. The molecule has 1 aromatic heterocycles. The summed E-state index contributed by atoms with van der Waals surface area (Å²) in [7, 11) is -3.38. The molecule has 19 heavy (non-hydrogen) atoms. The number of aryl methyl sites for hydroxylation is 1. The van der Waals surface area contributed by atoms with Crippen molar-refractivity contribution in [1.29, 1.82) is 0 Å². The van der Waals surface area contributed by atoms with Gasteiger partial charge in [0.15, 0.2) is 4.21 Å². The number of hydrogen-bond acceptors (Lipinski definition) is 4. The summed E-state index contributed by atoms with van der Waals surface area (Å²) in [6, 6.07) is 0. The molecule has 7 heteroatoms. The molecule has 2 unspecified atom stereocenters. The maximum atomic E-state index is 12.1. The normalized spacial score (nSPS) is 24.5. The molecule has 0 bridgehead atoms. The van der Waals surface area contributed by atoms with E-state index in [0.717, 1.165) is 16.8 Å². The predicted octanol–water partition coefficient (Wildman–Crippen LogP) is 2.93. The van der Waals surface area contributed by atoms with Crippen molar-refractivity contribution in [3.8, 4) is 0 Å². The van der Waals surface area contributed by atoms with Crippen LogP contribution >= 0.6 is 27.3 Å². The van der Waals surface area contributed by atoms with Gasteiger partial charge >= 0.3 is 0 Å². The number of halogens is 1. The maximum absolute atomic E-state index is 12.1. The smallest absolute Gasteiger partial charge is 0.249 e. The van der Waals surface area contributed by atoms with E-state index >= 15 is 0 Å². The van der Waals surface area contributed by atoms with Gasteiger partial charge in [-0.25, -0.2) is 18.1 Å². The molecule has 1 aromatic rings. The summed E-state index contributed by atoms with van der Waals surface area (Å²) in [5.41, 5.74) is 0. The van der Waals surface area contributed by atoms with E-state index in [9.17, 15) is 8.42 Å². The highest BCUT2D eigenvalue weighted by Crippen LogP contribution is 2.31. The third-order valence-electron chi connectivity index (χ3n) is 3.67. The standard InChI is InChI=1S/C12H19BrN2O2S2/c1-9-14-8-12(18-9)19(16,17)15-7-11-5-3-2-4-10(11)6-13/h8,10-11,15H,2-7H2,1H3. The van der Waals surface area contributed by atoms with Crippen LogP contribution in [0.25, 0.3) is 0 Å². The molecule has 0 spiro atoms. The number of hydrogen-bond donors (Lipinski definition) is 1. The van der Waals surface area contributed by atoms with Crippen molar-refractivity contribution in [2.45, 2.75) is 36.8 Å². The third-order valence-corrected chi connectivity index (χ3v) is 7.29. The van der Waals surface area contributed by atoms with E-state index in [0.29, 0.717) is 22.6 Å². The Labute approximate surface area is 127 Å². The maximum Gasteiger partial charge on any atom is 0.251 e. The van der Waals surface area contributed by atoms with E-state index in [1.807, 2.05) is 6.92 Å². The fraction of sp³-hybridized carbons (Fsp3) is 0.750. The second-order valence-electron chi connectivity index (χ2n) is 5.01. The molecule has 2 rings (SSSR count). The van der Waals surface area contributed by atoms with E-state index < -0.39 is 10.0 Å². The number of nitrogens with zero attached hydrogens (tertiary/aromatic N) is 1. The topological polar surface area (TPSA) is 59.1 Å². The molecule has 108 valence electrons. The Bertz CT molecular complexity index is 516. The molecule has 4 nitrogen and oxygen atoms in total. The lowest BCUT2D eigenvalue weighted by Crippen LogP contribution is -2.34. The molecule has 1 aliphatic rings. The molecular formula is C12H19BrN2O2S2. The average molecular weight is 367 g/mol. The summed E-state index contributed by atoms with van der Waals surface area (Å²) in [6.07, 6.45) is 6.20. The number of sulfonamides is 1. The van der Waals surface area contributed by atoms with Gasteiger partial charge in [0.1, 0.15) is 0 Å². The molecule has 0 saturated heterocycles. The van der Waals surface area contributed by atoms with Crippen LogP contribution in [0.2, 0.25) is 0 Å². The average Bonchev–Trinajstić information content (AvgIpc) is 2.84. The van der Waals surface area contributed by atoms with Gasteiger partial charge in [-0.2, -0.15) is 0 Å². The van der Waals surface area contributed by atoms with Crippen molar-refractivity contribution in [2.75, 3.05) is 11.9 Å². The molecule has 2 atom stereocenters. The molecule has 1 fully saturated rings. The van der Waals surface area contributed by atoms with E-state index in [1.165, 1.54) is 36.8 Å². The SMILES string of the molecule is Cc1ncc(S(=O)(=O)NCC2CCCCC2CBr)s1. The largest absolute Gasteiger partial charge is 0.251 e. The van der Waals surface area contributed by atoms with Crippen molar-refractivity contribution in [1.82, 2.24) is 9.71 Å². The van der Waals surface area contributed by atoms with Crippen LogP contribution in [-0.4, -0.2) is 25.3 Å². The Hall–Kier alpha value is 0.0200. The highest BCUT2D eigenvalue weighted by molar-refractivity contribution is 9.09. The number of aromatic nitrogens is 1. The highest BCUT2D eigenvalue weighted by Gasteiger charge is 2.26. The van der Waals surface area contributed by atoms with Crippen LogP contribution in [0.5, 0.6) is 0 Å². The van der Waals surface area contributed by atoms with Gasteiger partial charge in [-0.15, -0.1) is 11.3 Å². The van der Waals surface area contributed by atoms with Gasteiger partial charge in [0, 0.05) is 11.9 Å². The lowest BCUT2D eigenvalue weighted by molar-refractivity contribution is 0.263. The van der Waals surface area contributed by atoms with Crippen LogP contribution in [-0.2, 0) is 10.0 Å². The zero-order valence-electron chi connectivity index (χ0n) is 10.9. The van der Waals surface area contributed by atoms with Crippen molar-refractivity contribution >= 4 is 37.3 Å². The van der Waals surface area contributed by atoms with Gasteiger partial charge in [0.05, 0.1) is 11.2 Å². The van der Waals surface area contributed by atoms with Crippen LogP contribution in [0, 0.1) is 18.8 Å². The third kappa shape index (κ3) is 4.00. The summed E-state index contributed by atoms with van der Waals surface area (Å²) in [4.78, 5) is 4.00. The Morgan fingerprint density at radius 2 is 2.11 bits per heavy atom. The Morgan fingerprint density at radius 3 is 2.68 bits per heavy atom. The van der Waals surface area contributed by atoms with Crippen molar-refractivity contribution in [2.24, 2.45) is 11.8 Å². The molecule has 1 N–H and O–H groups in total. The Kier molecular flexibility index (Phi) is 5.39. The lowest BCUT2D eigenvalue weighted by atomic mass is 9.80. The Morgan fingerprint density at radius 1 is 1.42 bits per heavy atom. The van der Waals surface area contributed by atoms with E-state index in [1.54, 1.807) is 0 Å². The summed E-state index contributed by atoms with van der Waals surface area (Å²) in [5.74, 6) is 1.02. The van der Waals surface area contributed by atoms with Crippen LogP contribution in [0.3, 0.4) is 0 Å². The van der Waals surface area contributed by atoms with Crippen molar-refractivity contribution < 1.29 is 8.42 Å². The van der Waals surface area contributed by atoms with E-state index in [4.69, 9.17) is 0 Å². The van der Waals surface area contributed by atoms with Gasteiger partial charge < -0.3 is 0 Å². The molecule has 0 amide bonds. The molecule has 1 heterocycles. The minimum Gasteiger partial charge on any atom is -0.249 e. The monoisotopic (exact) mass is 366 g/mol. The zero-order valence-corrected chi connectivity index (χ0v) is 14.2. The lowest BCUT2D eigenvalue weighted by Gasteiger charge is -2.30. The quantitative estimate of drug-likeness (QED) is 0.814. The molecular weight excluding hydrogens is 348 g/mol. The summed E-state index contributed by atoms with van der Waals surface area (Å²) < 4.78 is 27.3. The summed E-state index contributed by atoms with van der Waals surface area (Å²) >= 11 is 4.75. The first-order valence-electron chi connectivity index (χ1n) is 6.51. The molecule has 0 radical (unpaired) electrons. The van der Waals surface area contributed by atoms with Crippen molar-refractivity contribution in [3.05, 3.63) is 11.2 Å². The second-order valence-corrected chi connectivity index (χ2v) is 8.89. The van der Waals surface area contributed by atoms with E-state index in [-0.39, 0.29) is 0 Å². The number of thiazole rings is 1. The van der Waals surface area contributed by atoms with Gasteiger partial charge in [-0.05, 0) is 31.6 Å². The number of alkyl halides is 1. The predicted molar refractivity (Wildman–Crippen MR) is 81.3 cm³/mol. The molecule has 1 aliphatic carbocycles. The van der Waals surface area contributed by atoms with E-state index in [2.05, 4.69) is 25.6 Å². The van der Waals surface area contributed by atoms with Crippen LogP contribution in [0.1, 0.15) is 30.7 Å². The van der Waals surface area contributed by atoms with Gasteiger partial charge in [-0.3, -0.25) is 0 Å². The van der Waals surface area contributed by atoms with Crippen molar-refractivity contribution in [3.63, 3.8) is 0 Å². The van der Waals surface area contributed by atoms with Gasteiger partial charge in [0.2, 0.25) is 0 Å². The fourth-order valence-electron chi connectivity index (χ4n) is 2.51. The van der Waals surface area contributed by atoms with Crippen LogP contribution in [0.15, 0.2) is 10.4 Å². The van der Waals surface area contributed by atoms with Crippen LogP contribution in [0.4, 0.5) is 0 Å². The first-order valence-corrected chi connectivity index (χ1v) is 9.93. The minimum absolute atomic E-state index is 0.316. The molecule has 1 saturated carbocycles. The fourth-order valence-corrected chi connectivity index (χ4v) is 5.61. The second kappa shape index (κ2) is 6.65. The first kappa shape index (κ1) is 15.4. The highest BCUT2D eigenvalue weighted by atomic mass is 79.9. The zero-order chi connectivity index (χ0) is 13.9. The minimum atomic E-state index is -3.38.